The molecule has 2 N–H and O–H groups in total. The van der Waals surface area contributed by atoms with Crippen molar-refractivity contribution in [2.45, 2.75) is 13.5 Å². The van der Waals surface area contributed by atoms with E-state index in [1.54, 1.807) is 7.11 Å². The fourth-order valence-corrected chi connectivity index (χ4v) is 2.61. The number of nitrogens with zero attached hydrogens (tertiary/aromatic N) is 1. The minimum Gasteiger partial charge on any atom is -0.496 e. The number of benzene rings is 1. The second-order valence-electron chi connectivity index (χ2n) is 4.25. The third-order valence-electron chi connectivity index (χ3n) is 3.31. The Balaban J connectivity index is 2.52. The molecule has 0 atom stereocenters. The maximum absolute atomic E-state index is 5.74. The molecule has 0 radical (unpaired) electrons. The summed E-state index contributed by atoms with van der Waals surface area (Å²) in [6, 6.07) is 8.22. The smallest absolute Gasteiger partial charge is 0.133 e. The van der Waals surface area contributed by atoms with Crippen LogP contribution in [0.2, 0.25) is 0 Å². The third kappa shape index (κ3) is 2.18. The van der Waals surface area contributed by atoms with Crippen LogP contribution in [-0.4, -0.2) is 11.7 Å². The van der Waals surface area contributed by atoms with Gasteiger partial charge in [0.1, 0.15) is 5.75 Å². The van der Waals surface area contributed by atoms with E-state index in [2.05, 4.69) is 52.7 Å². The number of nitrogens with two attached hydrogens (primary N) is 1. The van der Waals surface area contributed by atoms with Gasteiger partial charge in [-0.1, -0.05) is 0 Å². The molecule has 0 aliphatic carbocycles. The van der Waals surface area contributed by atoms with Gasteiger partial charge in [0.15, 0.2) is 0 Å². The molecule has 0 bridgehead atoms. The fourth-order valence-electron chi connectivity index (χ4n) is 2.07. The first kappa shape index (κ1) is 13.2. The molecule has 96 valence electrons. The quantitative estimate of drug-likeness (QED) is 0.945. The average Bonchev–Trinajstić information content (AvgIpc) is 2.66. The molecular weight excluding hydrogens is 292 g/mol. The number of ether oxygens (including phenoxy) is 1. The number of halogens is 1. The standard InChI is InChI=1S/C14H17BrN2O/c1-9-11(8-16)7-13(17(9)2)10-4-5-14(18-3)12(15)6-10/h4-7H,8,16H2,1-3H3. The van der Waals surface area contributed by atoms with Crippen LogP contribution in [0.15, 0.2) is 28.7 Å². The van der Waals surface area contributed by atoms with E-state index in [4.69, 9.17) is 10.5 Å². The van der Waals surface area contributed by atoms with Crippen molar-refractivity contribution in [3.63, 3.8) is 0 Å². The van der Waals surface area contributed by atoms with Crippen LogP contribution in [0.25, 0.3) is 11.3 Å². The van der Waals surface area contributed by atoms with Crippen LogP contribution in [0, 0.1) is 6.92 Å². The van der Waals surface area contributed by atoms with Crippen molar-refractivity contribution < 1.29 is 4.74 Å². The highest BCUT2D eigenvalue weighted by molar-refractivity contribution is 9.10. The van der Waals surface area contributed by atoms with E-state index in [0.29, 0.717) is 6.54 Å². The van der Waals surface area contributed by atoms with Crippen molar-refractivity contribution >= 4 is 15.9 Å². The first-order chi connectivity index (χ1) is 8.58. The lowest BCUT2D eigenvalue weighted by Crippen LogP contribution is -1.99. The lowest BCUT2D eigenvalue weighted by Gasteiger charge is -2.08. The molecule has 2 rings (SSSR count). The Hall–Kier alpha value is -1.26. The molecule has 0 unspecified atom stereocenters. The van der Waals surface area contributed by atoms with E-state index in [1.807, 2.05) is 6.07 Å². The number of hydrogen-bond acceptors (Lipinski definition) is 2. The highest BCUT2D eigenvalue weighted by atomic mass is 79.9. The Morgan fingerprint density at radius 3 is 2.56 bits per heavy atom. The molecule has 1 heterocycles. The van der Waals surface area contributed by atoms with Crippen LogP contribution < -0.4 is 10.5 Å². The summed E-state index contributed by atoms with van der Waals surface area (Å²) in [4.78, 5) is 0. The molecule has 18 heavy (non-hydrogen) atoms. The van der Waals surface area contributed by atoms with E-state index in [9.17, 15) is 0 Å². The van der Waals surface area contributed by atoms with Crippen LogP contribution in [-0.2, 0) is 13.6 Å². The molecule has 1 aromatic carbocycles. The predicted octanol–water partition coefficient (Wildman–Crippen LogP) is 3.23. The monoisotopic (exact) mass is 308 g/mol. The molecule has 1 aromatic heterocycles. The molecule has 0 aliphatic heterocycles. The summed E-state index contributed by atoms with van der Waals surface area (Å²) in [7, 11) is 3.72. The van der Waals surface area contributed by atoms with Crippen LogP contribution in [0.3, 0.4) is 0 Å². The third-order valence-corrected chi connectivity index (χ3v) is 3.93. The summed E-state index contributed by atoms with van der Waals surface area (Å²) in [5, 5.41) is 0. The minimum absolute atomic E-state index is 0.566. The number of methoxy groups -OCH3 is 1. The molecule has 4 heteroatoms. The van der Waals surface area contributed by atoms with E-state index >= 15 is 0 Å². The molecule has 0 spiro atoms. The zero-order valence-corrected chi connectivity index (χ0v) is 12.4. The van der Waals surface area contributed by atoms with Gasteiger partial charge < -0.3 is 15.0 Å². The van der Waals surface area contributed by atoms with E-state index in [0.717, 1.165) is 21.5 Å². The number of rotatable bonds is 3. The summed E-state index contributed by atoms with van der Waals surface area (Å²) in [5.74, 6) is 0.837. The first-order valence-corrected chi connectivity index (χ1v) is 6.57. The summed E-state index contributed by atoms with van der Waals surface area (Å²) in [5.41, 5.74) is 10.4. The lowest BCUT2D eigenvalue weighted by molar-refractivity contribution is 0.412. The zero-order valence-electron chi connectivity index (χ0n) is 10.8. The Labute approximate surface area is 116 Å². The van der Waals surface area contributed by atoms with Crippen molar-refractivity contribution in [1.29, 1.82) is 0 Å². The van der Waals surface area contributed by atoms with E-state index in [-0.39, 0.29) is 0 Å². The topological polar surface area (TPSA) is 40.2 Å². The van der Waals surface area contributed by atoms with Gasteiger partial charge in [0, 0.05) is 25.0 Å². The largest absolute Gasteiger partial charge is 0.496 e. The second-order valence-corrected chi connectivity index (χ2v) is 5.11. The Morgan fingerprint density at radius 2 is 2.06 bits per heavy atom. The molecule has 0 amide bonds. The van der Waals surface area contributed by atoms with E-state index < -0.39 is 0 Å². The van der Waals surface area contributed by atoms with Gasteiger partial charge in [-0.25, -0.2) is 0 Å². The summed E-state index contributed by atoms with van der Waals surface area (Å²) >= 11 is 3.51. The van der Waals surface area contributed by atoms with Gasteiger partial charge >= 0.3 is 0 Å². The molecule has 0 saturated carbocycles. The minimum atomic E-state index is 0.566. The molecule has 0 saturated heterocycles. The van der Waals surface area contributed by atoms with E-state index in [1.165, 1.54) is 11.3 Å². The second kappa shape index (κ2) is 5.16. The van der Waals surface area contributed by atoms with Gasteiger partial charge in [-0.05, 0) is 58.2 Å². The highest BCUT2D eigenvalue weighted by Gasteiger charge is 2.11. The molecular formula is C14H17BrN2O. The molecule has 0 fully saturated rings. The van der Waals surface area contributed by atoms with Gasteiger partial charge in [0.05, 0.1) is 11.6 Å². The van der Waals surface area contributed by atoms with Crippen molar-refractivity contribution in [2.24, 2.45) is 12.8 Å². The fraction of sp³-hybridized carbons (Fsp3) is 0.286. The van der Waals surface area contributed by atoms with Crippen molar-refractivity contribution in [3.05, 3.63) is 40.0 Å². The SMILES string of the molecule is COc1ccc(-c2cc(CN)c(C)n2C)cc1Br. The highest BCUT2D eigenvalue weighted by Crippen LogP contribution is 2.32. The van der Waals surface area contributed by atoms with Crippen LogP contribution >= 0.6 is 15.9 Å². The number of aromatic nitrogens is 1. The summed E-state index contributed by atoms with van der Waals surface area (Å²) < 4.78 is 8.36. The maximum atomic E-state index is 5.74. The predicted molar refractivity (Wildman–Crippen MR) is 77.7 cm³/mol. The average molecular weight is 309 g/mol. The molecule has 3 nitrogen and oxygen atoms in total. The van der Waals surface area contributed by atoms with Gasteiger partial charge in [-0.3, -0.25) is 0 Å². The zero-order chi connectivity index (χ0) is 13.3. The van der Waals surface area contributed by atoms with Gasteiger partial charge in [0.25, 0.3) is 0 Å². The number of hydrogen-bond donors (Lipinski definition) is 1. The van der Waals surface area contributed by atoms with Crippen LogP contribution in [0.5, 0.6) is 5.75 Å². The van der Waals surface area contributed by atoms with Crippen molar-refractivity contribution in [2.75, 3.05) is 7.11 Å². The summed E-state index contributed by atoms with van der Waals surface area (Å²) in [6.45, 7) is 2.65. The van der Waals surface area contributed by atoms with Gasteiger partial charge in [-0.2, -0.15) is 0 Å². The lowest BCUT2D eigenvalue weighted by atomic mass is 10.1. The van der Waals surface area contributed by atoms with Crippen molar-refractivity contribution in [3.8, 4) is 17.0 Å². The van der Waals surface area contributed by atoms with Gasteiger partial charge in [-0.15, -0.1) is 0 Å². The van der Waals surface area contributed by atoms with Gasteiger partial charge in [0.2, 0.25) is 0 Å². The first-order valence-electron chi connectivity index (χ1n) is 5.77. The Morgan fingerprint density at radius 1 is 1.33 bits per heavy atom. The van der Waals surface area contributed by atoms with Crippen molar-refractivity contribution in [1.82, 2.24) is 4.57 Å². The maximum Gasteiger partial charge on any atom is 0.133 e. The van der Waals surface area contributed by atoms with Crippen LogP contribution in [0.1, 0.15) is 11.3 Å². The summed E-state index contributed by atoms with van der Waals surface area (Å²) in [6.07, 6.45) is 0. The van der Waals surface area contributed by atoms with Crippen LogP contribution in [0.4, 0.5) is 0 Å². The Kier molecular flexibility index (Phi) is 3.78. The Bertz CT molecular complexity index is 575. The molecule has 2 aromatic rings. The normalized spacial score (nSPS) is 10.7. The molecule has 0 aliphatic rings.